The summed E-state index contributed by atoms with van der Waals surface area (Å²) < 4.78 is 0. The molecule has 1 aliphatic carbocycles. The normalized spacial score (nSPS) is 24.5. The Bertz CT molecular complexity index is 525. The molecule has 1 aromatic rings. The molecule has 0 aliphatic heterocycles. The average Bonchev–Trinajstić information content (AvgIpc) is 2.63. The number of rotatable bonds is 5. The highest BCUT2D eigenvalue weighted by Gasteiger charge is 2.49. The molecule has 20 heavy (non-hydrogen) atoms. The first kappa shape index (κ1) is 15.3. The molecule has 1 aliphatic rings. The quantitative estimate of drug-likeness (QED) is 0.607. The van der Waals surface area contributed by atoms with Gasteiger partial charge in [-0.25, -0.2) is 4.79 Å². The number of aliphatic carboxylic acids is 1. The van der Waals surface area contributed by atoms with Gasteiger partial charge in [0.2, 0.25) is 0 Å². The molecule has 5 nitrogen and oxygen atoms in total. The first-order chi connectivity index (χ1) is 9.35. The van der Waals surface area contributed by atoms with Gasteiger partial charge in [-0.1, -0.05) is 24.1 Å². The summed E-state index contributed by atoms with van der Waals surface area (Å²) in [6.07, 6.45) is 1.78. The van der Waals surface area contributed by atoms with Crippen LogP contribution in [0.5, 0.6) is 0 Å². The molecule has 0 fully saturated rings. The standard InChI is InChI=1S/C13H17BClNO4/c15-10-3-4-11-8(7-10)6-9(2-1-5-14(19)20)13(11,16)12(17)18/h3-4,7,9,19-20H,1-2,5-6,16H2,(H,17,18)/t9-,13+/m0/s1. The van der Waals surface area contributed by atoms with E-state index in [-0.39, 0.29) is 12.2 Å². The lowest BCUT2D eigenvalue weighted by molar-refractivity contribution is -0.145. The lowest BCUT2D eigenvalue weighted by Crippen LogP contribution is -2.48. The van der Waals surface area contributed by atoms with Gasteiger partial charge in [0, 0.05) is 5.02 Å². The fraction of sp³-hybridized carbons (Fsp3) is 0.462. The molecule has 0 aromatic heterocycles. The van der Waals surface area contributed by atoms with Crippen molar-refractivity contribution >= 4 is 24.7 Å². The molecule has 2 atom stereocenters. The molecule has 0 heterocycles. The summed E-state index contributed by atoms with van der Waals surface area (Å²) in [5, 5.41) is 27.8. The van der Waals surface area contributed by atoms with E-state index in [9.17, 15) is 9.90 Å². The van der Waals surface area contributed by atoms with Crippen molar-refractivity contribution in [3.8, 4) is 0 Å². The maximum absolute atomic E-state index is 11.6. The molecule has 108 valence electrons. The van der Waals surface area contributed by atoms with E-state index in [4.69, 9.17) is 27.4 Å². The fourth-order valence-corrected chi connectivity index (χ4v) is 3.14. The number of benzene rings is 1. The Balaban J connectivity index is 2.24. The van der Waals surface area contributed by atoms with Crippen LogP contribution in [0.3, 0.4) is 0 Å². The van der Waals surface area contributed by atoms with Crippen LogP contribution in [0, 0.1) is 5.92 Å². The maximum Gasteiger partial charge on any atom is 0.451 e. The first-order valence-corrected chi connectivity index (χ1v) is 6.90. The van der Waals surface area contributed by atoms with Crippen LogP contribution >= 0.6 is 11.6 Å². The Morgan fingerprint density at radius 2 is 2.20 bits per heavy atom. The Labute approximate surface area is 122 Å². The maximum atomic E-state index is 11.6. The lowest BCUT2D eigenvalue weighted by atomic mass is 9.77. The van der Waals surface area contributed by atoms with E-state index in [1.165, 1.54) is 0 Å². The fourth-order valence-electron chi connectivity index (χ4n) is 2.95. The number of fused-ring (bicyclic) bond motifs is 1. The Morgan fingerprint density at radius 1 is 1.50 bits per heavy atom. The van der Waals surface area contributed by atoms with Gasteiger partial charge >= 0.3 is 13.1 Å². The number of carbonyl (C=O) groups is 1. The average molecular weight is 298 g/mol. The topological polar surface area (TPSA) is 104 Å². The third-order valence-electron chi connectivity index (χ3n) is 3.99. The highest BCUT2D eigenvalue weighted by Crippen LogP contribution is 2.43. The Kier molecular flexibility index (Phi) is 4.39. The van der Waals surface area contributed by atoms with Crippen LogP contribution in [0.25, 0.3) is 0 Å². The van der Waals surface area contributed by atoms with Crippen molar-refractivity contribution in [2.45, 2.75) is 31.1 Å². The van der Waals surface area contributed by atoms with Gasteiger partial charge in [-0.2, -0.15) is 0 Å². The molecule has 0 saturated heterocycles. The highest BCUT2D eigenvalue weighted by atomic mass is 35.5. The summed E-state index contributed by atoms with van der Waals surface area (Å²) in [7, 11) is -1.37. The molecule has 0 spiro atoms. The third kappa shape index (κ3) is 2.69. The van der Waals surface area contributed by atoms with E-state index >= 15 is 0 Å². The van der Waals surface area contributed by atoms with Gasteiger partial charge < -0.3 is 20.9 Å². The van der Waals surface area contributed by atoms with Crippen LogP contribution in [0.2, 0.25) is 11.3 Å². The molecule has 0 saturated carbocycles. The number of hydrogen-bond donors (Lipinski definition) is 4. The lowest BCUT2D eigenvalue weighted by Gasteiger charge is -2.28. The van der Waals surface area contributed by atoms with E-state index in [2.05, 4.69) is 0 Å². The van der Waals surface area contributed by atoms with Gasteiger partial charge in [-0.3, -0.25) is 0 Å². The van der Waals surface area contributed by atoms with E-state index < -0.39 is 18.6 Å². The van der Waals surface area contributed by atoms with Crippen LogP contribution in [0.1, 0.15) is 24.0 Å². The second kappa shape index (κ2) is 5.73. The molecule has 1 aromatic carbocycles. The zero-order chi connectivity index (χ0) is 14.9. The molecule has 7 heteroatoms. The molecule has 2 rings (SSSR count). The van der Waals surface area contributed by atoms with Crippen molar-refractivity contribution in [1.82, 2.24) is 0 Å². The smallest absolute Gasteiger partial charge is 0.451 e. The summed E-state index contributed by atoms with van der Waals surface area (Å²) >= 11 is 5.94. The van der Waals surface area contributed by atoms with Gasteiger partial charge in [0.1, 0.15) is 5.54 Å². The minimum atomic E-state index is -1.43. The zero-order valence-corrected chi connectivity index (χ0v) is 11.7. The largest absolute Gasteiger partial charge is 0.480 e. The van der Waals surface area contributed by atoms with Crippen LogP contribution in [-0.2, 0) is 16.8 Å². The van der Waals surface area contributed by atoms with Gasteiger partial charge in [0.25, 0.3) is 0 Å². The number of hydrogen-bond acceptors (Lipinski definition) is 4. The minimum Gasteiger partial charge on any atom is -0.480 e. The summed E-state index contributed by atoms with van der Waals surface area (Å²) in [5.74, 6) is -1.33. The summed E-state index contributed by atoms with van der Waals surface area (Å²) in [4.78, 5) is 11.6. The van der Waals surface area contributed by atoms with E-state index in [0.717, 1.165) is 5.56 Å². The number of halogens is 1. The molecule has 0 bridgehead atoms. The molecular weight excluding hydrogens is 280 g/mol. The van der Waals surface area contributed by atoms with Crippen LogP contribution in [0.15, 0.2) is 18.2 Å². The van der Waals surface area contributed by atoms with Gasteiger partial charge in [-0.05, 0) is 48.3 Å². The van der Waals surface area contributed by atoms with Gasteiger partial charge in [0.15, 0.2) is 0 Å². The molecule has 0 radical (unpaired) electrons. The summed E-state index contributed by atoms with van der Waals surface area (Å²) in [5.41, 5.74) is 6.19. The second-order valence-electron chi connectivity index (χ2n) is 5.29. The second-order valence-corrected chi connectivity index (χ2v) is 5.72. The van der Waals surface area contributed by atoms with Crippen molar-refractivity contribution in [3.05, 3.63) is 34.3 Å². The van der Waals surface area contributed by atoms with Crippen LogP contribution < -0.4 is 5.73 Å². The SMILES string of the molecule is N[C@@]1(C(=O)O)c2ccc(Cl)cc2C[C@@H]1CCCB(O)O. The Hall–Kier alpha value is -1.08. The monoisotopic (exact) mass is 297 g/mol. The van der Waals surface area contributed by atoms with Crippen LogP contribution in [0.4, 0.5) is 0 Å². The third-order valence-corrected chi connectivity index (χ3v) is 4.23. The predicted molar refractivity (Wildman–Crippen MR) is 76.4 cm³/mol. The number of carboxylic acids is 1. The van der Waals surface area contributed by atoms with Crippen molar-refractivity contribution in [1.29, 1.82) is 0 Å². The number of carboxylic acid groups (broad SMARTS) is 1. The highest BCUT2D eigenvalue weighted by molar-refractivity contribution is 6.40. The van der Waals surface area contributed by atoms with E-state index in [1.807, 2.05) is 0 Å². The first-order valence-electron chi connectivity index (χ1n) is 6.53. The van der Waals surface area contributed by atoms with Crippen molar-refractivity contribution in [3.63, 3.8) is 0 Å². The van der Waals surface area contributed by atoms with Gasteiger partial charge in [0.05, 0.1) is 0 Å². The minimum absolute atomic E-state index is 0.212. The molecular formula is C13H17BClNO4. The van der Waals surface area contributed by atoms with Crippen molar-refractivity contribution in [2.24, 2.45) is 11.7 Å². The molecule has 0 unspecified atom stereocenters. The predicted octanol–water partition coefficient (Wildman–Crippen LogP) is 1.00. The molecule has 5 N–H and O–H groups in total. The van der Waals surface area contributed by atoms with Gasteiger partial charge in [-0.15, -0.1) is 0 Å². The number of nitrogens with two attached hydrogens (primary N) is 1. The zero-order valence-electron chi connectivity index (χ0n) is 10.9. The summed E-state index contributed by atoms with van der Waals surface area (Å²) in [6.45, 7) is 0. The van der Waals surface area contributed by atoms with Crippen molar-refractivity contribution < 1.29 is 19.9 Å². The molecule has 0 amide bonds. The summed E-state index contributed by atoms with van der Waals surface area (Å²) in [6, 6.07) is 5.07. The Morgan fingerprint density at radius 3 is 2.80 bits per heavy atom. The van der Waals surface area contributed by atoms with Crippen LogP contribution in [-0.4, -0.2) is 28.2 Å². The van der Waals surface area contributed by atoms with E-state index in [0.29, 0.717) is 29.8 Å². The van der Waals surface area contributed by atoms with Crippen molar-refractivity contribution in [2.75, 3.05) is 0 Å². The van der Waals surface area contributed by atoms with E-state index in [1.54, 1.807) is 18.2 Å².